The van der Waals surface area contributed by atoms with Gasteiger partial charge in [0, 0.05) is 13.1 Å². The van der Waals surface area contributed by atoms with Crippen LogP contribution >= 0.6 is 12.4 Å². The summed E-state index contributed by atoms with van der Waals surface area (Å²) in [7, 11) is 2.01. The molecule has 5 heteroatoms. The fourth-order valence-electron chi connectivity index (χ4n) is 2.63. The third kappa shape index (κ3) is 5.65. The Hall–Kier alpha value is -0.840. The molecule has 1 aromatic rings. The standard InChI is InChI=1S/C15H23FN2O.ClH/c1-17-11-13-3-2-8-18(12-13)9-10-19-15-6-4-14(16)5-7-15;/h4-7,13,17H,2-3,8-12H2,1H3;1H. The normalized spacial score (nSPS) is 19.4. The second-order valence-electron chi connectivity index (χ2n) is 5.17. The first-order valence-electron chi connectivity index (χ1n) is 7.03. The number of nitrogens with zero attached hydrogens (tertiary/aromatic N) is 1. The van der Waals surface area contributed by atoms with Crippen LogP contribution in [-0.4, -0.2) is 44.7 Å². The summed E-state index contributed by atoms with van der Waals surface area (Å²) in [4.78, 5) is 2.45. The van der Waals surface area contributed by atoms with Crippen LogP contribution in [0.25, 0.3) is 0 Å². The molecule has 0 radical (unpaired) electrons. The molecular weight excluding hydrogens is 279 g/mol. The van der Waals surface area contributed by atoms with Crippen LogP contribution in [-0.2, 0) is 0 Å². The predicted molar refractivity (Wildman–Crippen MR) is 82.2 cm³/mol. The number of hydrogen-bond donors (Lipinski definition) is 1. The molecule has 1 aliphatic heterocycles. The van der Waals surface area contributed by atoms with Gasteiger partial charge >= 0.3 is 0 Å². The topological polar surface area (TPSA) is 24.5 Å². The molecule has 1 heterocycles. The highest BCUT2D eigenvalue weighted by Gasteiger charge is 2.18. The maximum Gasteiger partial charge on any atom is 0.123 e. The number of piperidine rings is 1. The Morgan fingerprint density at radius 1 is 1.35 bits per heavy atom. The van der Waals surface area contributed by atoms with Gasteiger partial charge in [0.1, 0.15) is 18.2 Å². The van der Waals surface area contributed by atoms with Crippen molar-refractivity contribution in [2.45, 2.75) is 12.8 Å². The molecule has 1 N–H and O–H groups in total. The van der Waals surface area contributed by atoms with Crippen LogP contribution in [0, 0.1) is 11.7 Å². The van der Waals surface area contributed by atoms with E-state index in [9.17, 15) is 4.39 Å². The largest absolute Gasteiger partial charge is 0.492 e. The van der Waals surface area contributed by atoms with E-state index in [4.69, 9.17) is 4.74 Å². The average molecular weight is 303 g/mol. The summed E-state index contributed by atoms with van der Waals surface area (Å²) in [6.45, 7) is 5.01. The summed E-state index contributed by atoms with van der Waals surface area (Å²) in [6, 6.07) is 6.21. The molecule has 1 aliphatic rings. The van der Waals surface area contributed by atoms with E-state index in [-0.39, 0.29) is 18.2 Å². The van der Waals surface area contributed by atoms with Crippen LogP contribution in [0.5, 0.6) is 5.75 Å². The molecular formula is C15H24ClFN2O. The fraction of sp³-hybridized carbons (Fsp3) is 0.600. The Morgan fingerprint density at radius 2 is 2.10 bits per heavy atom. The van der Waals surface area contributed by atoms with E-state index in [0.29, 0.717) is 6.61 Å². The summed E-state index contributed by atoms with van der Waals surface area (Å²) in [5.74, 6) is 1.27. The lowest BCUT2D eigenvalue weighted by atomic mass is 9.98. The number of benzene rings is 1. The summed E-state index contributed by atoms with van der Waals surface area (Å²) in [5, 5.41) is 3.25. The molecule has 1 atom stereocenters. The SMILES string of the molecule is CNCC1CCCN(CCOc2ccc(F)cc2)C1.Cl. The van der Waals surface area contributed by atoms with Gasteiger partial charge in [0.05, 0.1) is 0 Å². The summed E-state index contributed by atoms with van der Waals surface area (Å²) in [5.41, 5.74) is 0. The molecule has 20 heavy (non-hydrogen) atoms. The Morgan fingerprint density at radius 3 is 2.80 bits per heavy atom. The molecule has 3 nitrogen and oxygen atoms in total. The summed E-state index contributed by atoms with van der Waals surface area (Å²) >= 11 is 0. The monoisotopic (exact) mass is 302 g/mol. The van der Waals surface area contributed by atoms with E-state index >= 15 is 0 Å². The molecule has 1 aromatic carbocycles. The minimum atomic E-state index is -0.224. The second-order valence-corrected chi connectivity index (χ2v) is 5.17. The number of hydrogen-bond acceptors (Lipinski definition) is 3. The Balaban J connectivity index is 0.00000200. The number of ether oxygens (including phenoxy) is 1. The zero-order chi connectivity index (χ0) is 13.5. The van der Waals surface area contributed by atoms with Gasteiger partial charge in [0.25, 0.3) is 0 Å². The van der Waals surface area contributed by atoms with E-state index in [2.05, 4.69) is 10.2 Å². The minimum Gasteiger partial charge on any atom is -0.492 e. The third-order valence-electron chi connectivity index (χ3n) is 3.59. The number of halogens is 2. The smallest absolute Gasteiger partial charge is 0.123 e. The molecule has 0 bridgehead atoms. The highest BCUT2D eigenvalue weighted by molar-refractivity contribution is 5.85. The lowest BCUT2D eigenvalue weighted by molar-refractivity contribution is 0.146. The van der Waals surface area contributed by atoms with Crippen molar-refractivity contribution in [2.24, 2.45) is 5.92 Å². The van der Waals surface area contributed by atoms with E-state index < -0.39 is 0 Å². The van der Waals surface area contributed by atoms with E-state index in [1.807, 2.05) is 7.05 Å². The van der Waals surface area contributed by atoms with Crippen molar-refractivity contribution in [1.29, 1.82) is 0 Å². The summed E-state index contributed by atoms with van der Waals surface area (Å²) in [6.07, 6.45) is 2.58. The maximum atomic E-state index is 12.7. The van der Waals surface area contributed by atoms with Crippen molar-refractivity contribution >= 4 is 12.4 Å². The third-order valence-corrected chi connectivity index (χ3v) is 3.59. The minimum absolute atomic E-state index is 0. The number of likely N-dealkylation sites (tertiary alicyclic amines) is 1. The van der Waals surface area contributed by atoms with E-state index in [1.54, 1.807) is 12.1 Å². The van der Waals surface area contributed by atoms with Gasteiger partial charge in [-0.15, -0.1) is 12.4 Å². The first-order chi connectivity index (χ1) is 9.28. The summed E-state index contributed by atoms with van der Waals surface area (Å²) < 4.78 is 18.4. The van der Waals surface area contributed by atoms with Gasteiger partial charge in [0.2, 0.25) is 0 Å². The predicted octanol–water partition coefficient (Wildman–Crippen LogP) is 2.56. The van der Waals surface area contributed by atoms with E-state index in [0.717, 1.165) is 37.8 Å². The Kier molecular flexibility index (Phi) is 7.88. The van der Waals surface area contributed by atoms with Crippen molar-refractivity contribution in [3.8, 4) is 5.75 Å². The van der Waals surface area contributed by atoms with Crippen LogP contribution in [0.3, 0.4) is 0 Å². The van der Waals surface area contributed by atoms with Gasteiger partial charge in [0.15, 0.2) is 0 Å². The zero-order valence-electron chi connectivity index (χ0n) is 12.0. The molecule has 1 unspecified atom stereocenters. The quantitative estimate of drug-likeness (QED) is 0.874. The highest BCUT2D eigenvalue weighted by atomic mass is 35.5. The molecule has 0 spiro atoms. The van der Waals surface area contributed by atoms with Crippen LogP contribution in [0.4, 0.5) is 4.39 Å². The molecule has 114 valence electrons. The lowest BCUT2D eigenvalue weighted by Gasteiger charge is -2.32. The first-order valence-corrected chi connectivity index (χ1v) is 7.03. The van der Waals surface area contributed by atoms with Crippen molar-refractivity contribution in [2.75, 3.05) is 39.8 Å². The van der Waals surface area contributed by atoms with Crippen molar-refractivity contribution in [1.82, 2.24) is 10.2 Å². The van der Waals surface area contributed by atoms with Crippen molar-refractivity contribution in [3.05, 3.63) is 30.1 Å². The van der Waals surface area contributed by atoms with E-state index in [1.165, 1.54) is 25.0 Å². The molecule has 0 aliphatic carbocycles. The fourth-order valence-corrected chi connectivity index (χ4v) is 2.63. The Labute approximate surface area is 126 Å². The lowest BCUT2D eigenvalue weighted by Crippen LogP contribution is -2.40. The van der Waals surface area contributed by atoms with Crippen LogP contribution in [0.15, 0.2) is 24.3 Å². The molecule has 2 rings (SSSR count). The van der Waals surface area contributed by atoms with Gasteiger partial charge < -0.3 is 10.1 Å². The molecule has 1 fully saturated rings. The highest BCUT2D eigenvalue weighted by Crippen LogP contribution is 2.16. The average Bonchev–Trinajstić information content (AvgIpc) is 2.42. The Bertz CT molecular complexity index is 373. The van der Waals surface area contributed by atoms with Crippen molar-refractivity contribution in [3.63, 3.8) is 0 Å². The molecule has 0 saturated carbocycles. The number of nitrogens with one attached hydrogen (secondary N) is 1. The van der Waals surface area contributed by atoms with Gasteiger partial charge in [-0.1, -0.05) is 0 Å². The van der Waals surface area contributed by atoms with Crippen LogP contribution < -0.4 is 10.1 Å². The first kappa shape index (κ1) is 17.2. The zero-order valence-corrected chi connectivity index (χ0v) is 12.8. The molecule has 1 saturated heterocycles. The maximum absolute atomic E-state index is 12.7. The van der Waals surface area contributed by atoms with Crippen LogP contribution in [0.2, 0.25) is 0 Å². The number of rotatable bonds is 6. The van der Waals surface area contributed by atoms with Gasteiger partial charge in [-0.05, 0) is 63.2 Å². The van der Waals surface area contributed by atoms with Gasteiger partial charge in [-0.3, -0.25) is 4.90 Å². The second kappa shape index (κ2) is 9.16. The molecule has 0 amide bonds. The van der Waals surface area contributed by atoms with Gasteiger partial charge in [-0.2, -0.15) is 0 Å². The van der Waals surface area contributed by atoms with Crippen LogP contribution in [0.1, 0.15) is 12.8 Å². The van der Waals surface area contributed by atoms with Crippen molar-refractivity contribution < 1.29 is 9.13 Å². The molecule has 0 aromatic heterocycles. The van der Waals surface area contributed by atoms with Gasteiger partial charge in [-0.25, -0.2) is 4.39 Å².